The first-order valence-electron chi connectivity index (χ1n) is 10.1. The van der Waals surface area contributed by atoms with Crippen LogP contribution < -0.4 is 15.2 Å². The molecule has 1 saturated heterocycles. The lowest BCUT2D eigenvalue weighted by molar-refractivity contribution is 0.243. The highest BCUT2D eigenvalue weighted by molar-refractivity contribution is 6.30. The van der Waals surface area contributed by atoms with Crippen LogP contribution in [0.4, 0.5) is 5.69 Å². The van der Waals surface area contributed by atoms with Crippen molar-refractivity contribution in [2.45, 2.75) is 6.54 Å². The second-order valence-electron chi connectivity index (χ2n) is 7.31. The van der Waals surface area contributed by atoms with Crippen molar-refractivity contribution in [1.29, 1.82) is 0 Å². The molecule has 0 radical (unpaired) electrons. The molecule has 6 nitrogen and oxygen atoms in total. The molecule has 4 rings (SSSR count). The zero-order chi connectivity index (χ0) is 20.9. The van der Waals surface area contributed by atoms with Gasteiger partial charge in [0.15, 0.2) is 0 Å². The fraction of sp³-hybridized carbons (Fsp3) is 0.304. The number of benzene rings is 2. The molecule has 0 bridgehead atoms. The maximum atomic E-state index is 12.3. The number of halogens is 1. The number of piperazine rings is 1. The van der Waals surface area contributed by atoms with Gasteiger partial charge in [-0.15, -0.1) is 0 Å². The van der Waals surface area contributed by atoms with E-state index < -0.39 is 0 Å². The third-order valence-electron chi connectivity index (χ3n) is 5.44. The zero-order valence-corrected chi connectivity index (χ0v) is 17.8. The minimum absolute atomic E-state index is 0.0791. The van der Waals surface area contributed by atoms with Gasteiger partial charge in [0.1, 0.15) is 5.75 Å². The van der Waals surface area contributed by atoms with E-state index in [9.17, 15) is 4.79 Å². The lowest BCUT2D eigenvalue weighted by Gasteiger charge is -2.36. The van der Waals surface area contributed by atoms with Crippen LogP contribution in [0.15, 0.2) is 65.5 Å². The fourth-order valence-electron chi connectivity index (χ4n) is 3.64. The molecule has 1 aliphatic heterocycles. The smallest absolute Gasteiger partial charge is 0.266 e. The number of hydrogen-bond acceptors (Lipinski definition) is 5. The van der Waals surface area contributed by atoms with Gasteiger partial charge in [-0.2, -0.15) is 5.10 Å². The maximum absolute atomic E-state index is 12.3. The van der Waals surface area contributed by atoms with Crippen LogP contribution >= 0.6 is 11.6 Å². The molecule has 0 atom stereocenters. The van der Waals surface area contributed by atoms with E-state index in [1.807, 2.05) is 36.4 Å². The molecule has 0 unspecified atom stereocenters. The van der Waals surface area contributed by atoms with Crippen LogP contribution in [0.5, 0.6) is 5.75 Å². The van der Waals surface area contributed by atoms with Crippen LogP contribution in [0.2, 0.25) is 5.02 Å². The minimum Gasteiger partial charge on any atom is -0.497 e. The summed E-state index contributed by atoms with van der Waals surface area (Å²) in [4.78, 5) is 17.0. The van der Waals surface area contributed by atoms with Crippen molar-refractivity contribution in [2.75, 3.05) is 44.7 Å². The summed E-state index contributed by atoms with van der Waals surface area (Å²) >= 11 is 5.96. The minimum atomic E-state index is -0.0791. The summed E-state index contributed by atoms with van der Waals surface area (Å²) in [5.41, 5.74) is 2.85. The molecule has 0 N–H and O–H groups in total. The summed E-state index contributed by atoms with van der Waals surface area (Å²) in [7, 11) is 1.68. The van der Waals surface area contributed by atoms with E-state index in [1.165, 1.54) is 5.69 Å². The average Bonchev–Trinajstić information content (AvgIpc) is 2.79. The topological polar surface area (TPSA) is 50.6 Å². The number of ether oxygens (including phenoxy) is 1. The number of anilines is 1. The Morgan fingerprint density at radius 3 is 2.27 bits per heavy atom. The summed E-state index contributed by atoms with van der Waals surface area (Å²) < 4.78 is 6.79. The largest absolute Gasteiger partial charge is 0.497 e. The van der Waals surface area contributed by atoms with Crippen LogP contribution in [-0.2, 0) is 6.54 Å². The monoisotopic (exact) mass is 424 g/mol. The fourth-order valence-corrected chi connectivity index (χ4v) is 3.77. The highest BCUT2D eigenvalue weighted by Crippen LogP contribution is 2.21. The number of aromatic nitrogens is 2. The molecule has 0 saturated carbocycles. The van der Waals surface area contributed by atoms with Crippen molar-refractivity contribution in [3.63, 3.8) is 0 Å². The van der Waals surface area contributed by atoms with Crippen molar-refractivity contribution < 1.29 is 4.74 Å². The van der Waals surface area contributed by atoms with Gasteiger partial charge in [0.05, 0.1) is 19.3 Å². The summed E-state index contributed by atoms with van der Waals surface area (Å²) in [6.45, 7) is 5.20. The van der Waals surface area contributed by atoms with E-state index in [1.54, 1.807) is 23.9 Å². The number of nitrogens with zero attached hydrogens (tertiary/aromatic N) is 4. The molecular formula is C23H25ClN4O2. The number of hydrogen-bond donors (Lipinski definition) is 0. The molecular weight excluding hydrogens is 400 g/mol. The van der Waals surface area contributed by atoms with Crippen molar-refractivity contribution in [2.24, 2.45) is 0 Å². The van der Waals surface area contributed by atoms with Crippen LogP contribution in [0, 0.1) is 0 Å². The SMILES string of the molecule is COc1ccc(N2CCN(CCn3nc(-c4ccc(Cl)cc4)ccc3=O)CC2)cc1. The Morgan fingerprint density at radius 2 is 1.60 bits per heavy atom. The van der Waals surface area contributed by atoms with Crippen molar-refractivity contribution >= 4 is 17.3 Å². The van der Waals surface area contributed by atoms with E-state index in [-0.39, 0.29) is 5.56 Å². The molecule has 0 spiro atoms. The predicted octanol–water partition coefficient (Wildman–Crippen LogP) is 3.39. The summed E-state index contributed by atoms with van der Waals surface area (Å²) in [5, 5.41) is 5.23. The van der Waals surface area contributed by atoms with E-state index >= 15 is 0 Å². The van der Waals surface area contributed by atoms with E-state index in [0.29, 0.717) is 11.6 Å². The number of rotatable bonds is 6. The van der Waals surface area contributed by atoms with Gasteiger partial charge in [-0.05, 0) is 42.5 Å². The van der Waals surface area contributed by atoms with Gasteiger partial charge < -0.3 is 9.64 Å². The average molecular weight is 425 g/mol. The summed E-state index contributed by atoms with van der Waals surface area (Å²) in [6.07, 6.45) is 0. The Balaban J connectivity index is 1.34. The van der Waals surface area contributed by atoms with Crippen LogP contribution in [0.3, 0.4) is 0 Å². The molecule has 1 aromatic heterocycles. The highest BCUT2D eigenvalue weighted by atomic mass is 35.5. The van der Waals surface area contributed by atoms with E-state index in [4.69, 9.17) is 16.3 Å². The molecule has 2 aromatic carbocycles. The number of methoxy groups -OCH3 is 1. The second kappa shape index (κ2) is 9.32. The van der Waals surface area contributed by atoms with Gasteiger partial charge in [-0.1, -0.05) is 23.7 Å². The van der Waals surface area contributed by atoms with Crippen molar-refractivity contribution in [3.8, 4) is 17.0 Å². The molecule has 0 amide bonds. The Morgan fingerprint density at radius 1 is 0.900 bits per heavy atom. The molecule has 156 valence electrons. The highest BCUT2D eigenvalue weighted by Gasteiger charge is 2.17. The first-order valence-corrected chi connectivity index (χ1v) is 10.5. The second-order valence-corrected chi connectivity index (χ2v) is 7.75. The molecule has 3 aromatic rings. The molecule has 2 heterocycles. The predicted molar refractivity (Wildman–Crippen MR) is 121 cm³/mol. The van der Waals surface area contributed by atoms with E-state index in [2.05, 4.69) is 27.0 Å². The third kappa shape index (κ3) is 4.83. The molecule has 0 aliphatic carbocycles. The van der Waals surface area contributed by atoms with Crippen LogP contribution in [-0.4, -0.2) is 54.5 Å². The molecule has 1 fully saturated rings. The Hall–Kier alpha value is -2.83. The first kappa shape index (κ1) is 20.4. The lowest BCUT2D eigenvalue weighted by Crippen LogP contribution is -2.47. The Bertz CT molecular complexity index is 1030. The first-order chi connectivity index (χ1) is 14.6. The normalized spacial score (nSPS) is 14.7. The Kier molecular flexibility index (Phi) is 6.35. The van der Waals surface area contributed by atoms with Crippen LogP contribution in [0.1, 0.15) is 0 Å². The molecule has 30 heavy (non-hydrogen) atoms. The van der Waals surface area contributed by atoms with Gasteiger partial charge in [0.2, 0.25) is 0 Å². The van der Waals surface area contributed by atoms with Gasteiger partial charge in [-0.25, -0.2) is 4.68 Å². The van der Waals surface area contributed by atoms with E-state index in [0.717, 1.165) is 49.7 Å². The Labute approximate surface area is 181 Å². The summed E-state index contributed by atoms with van der Waals surface area (Å²) in [5.74, 6) is 0.871. The zero-order valence-electron chi connectivity index (χ0n) is 17.0. The van der Waals surface area contributed by atoms with Gasteiger partial charge in [-0.3, -0.25) is 9.69 Å². The summed E-state index contributed by atoms with van der Waals surface area (Å²) in [6, 6.07) is 19.0. The van der Waals surface area contributed by atoms with Crippen molar-refractivity contribution in [3.05, 3.63) is 76.0 Å². The van der Waals surface area contributed by atoms with Gasteiger partial charge in [0.25, 0.3) is 5.56 Å². The quantitative estimate of drug-likeness (QED) is 0.607. The van der Waals surface area contributed by atoms with Gasteiger partial charge in [0, 0.05) is 55.1 Å². The molecule has 1 aliphatic rings. The van der Waals surface area contributed by atoms with Crippen LogP contribution in [0.25, 0.3) is 11.3 Å². The third-order valence-corrected chi connectivity index (χ3v) is 5.70. The standard InChI is InChI=1S/C23H25ClN4O2/c1-30-21-8-6-20(7-9-21)27-15-12-26(13-16-27)14-17-28-23(29)11-10-22(25-28)18-2-4-19(24)5-3-18/h2-11H,12-17H2,1H3. The van der Waals surface area contributed by atoms with Gasteiger partial charge >= 0.3 is 0 Å². The molecule has 7 heteroatoms. The van der Waals surface area contributed by atoms with Crippen molar-refractivity contribution in [1.82, 2.24) is 14.7 Å². The maximum Gasteiger partial charge on any atom is 0.266 e. The lowest BCUT2D eigenvalue weighted by atomic mass is 10.1.